The number of nitrogens with one attached hydrogen (secondary N) is 1. The number of nitrogens with zero attached hydrogens (tertiary/aromatic N) is 1. The topological polar surface area (TPSA) is 51.2 Å². The molecule has 2 aromatic rings. The Kier molecular flexibility index (Phi) is 4.46. The van der Waals surface area contributed by atoms with E-state index < -0.39 is 23.9 Å². The first-order valence-corrected chi connectivity index (χ1v) is 6.79. The molecular formula is C13H11F3N2O2S. The Morgan fingerprint density at radius 1 is 1.33 bits per heavy atom. The van der Waals surface area contributed by atoms with Gasteiger partial charge in [-0.05, 0) is 19.1 Å². The molecule has 0 saturated carbocycles. The van der Waals surface area contributed by atoms with E-state index in [1.807, 2.05) is 0 Å². The molecule has 1 amide bonds. The van der Waals surface area contributed by atoms with Crippen molar-refractivity contribution in [2.75, 3.05) is 5.32 Å². The molecule has 112 valence electrons. The fourth-order valence-electron chi connectivity index (χ4n) is 1.43. The molecule has 4 nitrogen and oxygen atoms in total. The second kappa shape index (κ2) is 6.13. The molecule has 0 saturated heterocycles. The Morgan fingerprint density at radius 3 is 2.57 bits per heavy atom. The summed E-state index contributed by atoms with van der Waals surface area (Å²) in [6, 6.07) is 8.64. The number of alkyl halides is 3. The van der Waals surface area contributed by atoms with Gasteiger partial charge in [0.15, 0.2) is 16.9 Å². The van der Waals surface area contributed by atoms with Crippen LogP contribution in [-0.2, 0) is 11.0 Å². The number of thiazole rings is 1. The summed E-state index contributed by atoms with van der Waals surface area (Å²) in [6.07, 6.45) is -5.38. The first kappa shape index (κ1) is 15.3. The summed E-state index contributed by atoms with van der Waals surface area (Å²) in [5, 5.41) is 3.03. The monoisotopic (exact) mass is 316 g/mol. The van der Waals surface area contributed by atoms with Crippen molar-refractivity contribution >= 4 is 22.4 Å². The van der Waals surface area contributed by atoms with Gasteiger partial charge in [-0.1, -0.05) is 18.2 Å². The van der Waals surface area contributed by atoms with Crippen LogP contribution >= 0.6 is 11.3 Å². The molecule has 0 bridgehead atoms. The Labute approximate surface area is 122 Å². The van der Waals surface area contributed by atoms with E-state index in [1.54, 1.807) is 30.3 Å². The molecule has 1 unspecified atom stereocenters. The maximum absolute atomic E-state index is 12.4. The molecule has 0 aliphatic carbocycles. The number of hydrogen-bond donors (Lipinski definition) is 1. The summed E-state index contributed by atoms with van der Waals surface area (Å²) in [5.74, 6) is -0.0720. The molecule has 0 spiro atoms. The average Bonchev–Trinajstić information content (AvgIpc) is 2.88. The number of ether oxygens (including phenoxy) is 1. The van der Waals surface area contributed by atoms with E-state index in [2.05, 4.69) is 10.3 Å². The molecule has 0 fully saturated rings. The lowest BCUT2D eigenvalue weighted by Crippen LogP contribution is -2.30. The Morgan fingerprint density at radius 2 is 2.00 bits per heavy atom. The predicted octanol–water partition coefficient (Wildman–Crippen LogP) is 3.57. The van der Waals surface area contributed by atoms with Crippen LogP contribution in [0.1, 0.15) is 12.6 Å². The summed E-state index contributed by atoms with van der Waals surface area (Å²) >= 11 is 0.710. The molecule has 8 heteroatoms. The molecule has 2 rings (SSSR count). The zero-order valence-corrected chi connectivity index (χ0v) is 11.7. The number of hydrogen-bond acceptors (Lipinski definition) is 4. The number of carbonyl (C=O) groups excluding carboxylic acids is 1. The standard InChI is InChI=1S/C13H11F3N2O2S/c1-8(20-9-5-3-2-4-6-9)11(19)18-12-17-10(7-21-12)13(14,15)16/h2-8H,1H3,(H,17,18,19). The van der Waals surface area contributed by atoms with Gasteiger partial charge >= 0.3 is 6.18 Å². The third-order valence-electron chi connectivity index (χ3n) is 2.45. The lowest BCUT2D eigenvalue weighted by Gasteiger charge is -2.13. The zero-order valence-electron chi connectivity index (χ0n) is 10.8. The number of rotatable bonds is 4. The van der Waals surface area contributed by atoms with Crippen molar-refractivity contribution in [3.8, 4) is 5.75 Å². The molecular weight excluding hydrogens is 305 g/mol. The normalized spacial score (nSPS) is 12.8. The van der Waals surface area contributed by atoms with E-state index in [0.29, 0.717) is 17.1 Å². The van der Waals surface area contributed by atoms with E-state index >= 15 is 0 Å². The van der Waals surface area contributed by atoms with Gasteiger partial charge in [0.25, 0.3) is 5.91 Å². The molecule has 1 N–H and O–H groups in total. The van der Waals surface area contributed by atoms with E-state index in [4.69, 9.17) is 4.74 Å². The molecule has 1 atom stereocenters. The highest BCUT2D eigenvalue weighted by Gasteiger charge is 2.34. The fourth-order valence-corrected chi connectivity index (χ4v) is 2.15. The van der Waals surface area contributed by atoms with Crippen molar-refractivity contribution in [1.29, 1.82) is 0 Å². The largest absolute Gasteiger partial charge is 0.481 e. The van der Waals surface area contributed by atoms with Crippen molar-refractivity contribution in [3.63, 3.8) is 0 Å². The summed E-state index contributed by atoms with van der Waals surface area (Å²) in [6.45, 7) is 1.50. The quantitative estimate of drug-likeness (QED) is 0.938. The molecule has 0 radical (unpaired) electrons. The predicted molar refractivity (Wildman–Crippen MR) is 72.3 cm³/mol. The number of amides is 1. The fraction of sp³-hybridized carbons (Fsp3) is 0.231. The highest BCUT2D eigenvalue weighted by Crippen LogP contribution is 2.31. The van der Waals surface area contributed by atoms with E-state index in [1.165, 1.54) is 6.92 Å². The Hall–Kier alpha value is -2.09. The number of para-hydroxylation sites is 1. The Balaban J connectivity index is 1.96. The Bertz CT molecular complexity index is 613. The number of carbonyl (C=O) groups is 1. The highest BCUT2D eigenvalue weighted by atomic mass is 32.1. The van der Waals surface area contributed by atoms with Gasteiger partial charge in [0.2, 0.25) is 0 Å². The van der Waals surface area contributed by atoms with Crippen LogP contribution in [0, 0.1) is 0 Å². The van der Waals surface area contributed by atoms with Crippen molar-refractivity contribution in [3.05, 3.63) is 41.4 Å². The minimum Gasteiger partial charge on any atom is -0.481 e. The summed E-state index contributed by atoms with van der Waals surface area (Å²) in [5.41, 5.74) is -1.03. The number of aromatic nitrogens is 1. The van der Waals surface area contributed by atoms with Gasteiger partial charge in [0, 0.05) is 5.38 Å². The SMILES string of the molecule is CC(Oc1ccccc1)C(=O)Nc1nc(C(F)(F)F)cs1. The second-order valence-corrected chi connectivity index (χ2v) is 4.96. The molecule has 0 aliphatic heterocycles. The van der Waals surface area contributed by atoms with Crippen molar-refractivity contribution in [2.45, 2.75) is 19.2 Å². The van der Waals surface area contributed by atoms with Crippen LogP contribution in [0.3, 0.4) is 0 Å². The third-order valence-corrected chi connectivity index (χ3v) is 3.21. The van der Waals surface area contributed by atoms with Crippen LogP contribution < -0.4 is 10.1 Å². The summed E-state index contributed by atoms with van der Waals surface area (Å²) in [7, 11) is 0. The van der Waals surface area contributed by atoms with Crippen molar-refractivity contribution in [1.82, 2.24) is 4.98 Å². The molecule has 1 aromatic carbocycles. The van der Waals surface area contributed by atoms with Crippen LogP contribution in [0.5, 0.6) is 5.75 Å². The molecule has 0 aliphatic rings. The van der Waals surface area contributed by atoms with Gasteiger partial charge in [0.05, 0.1) is 0 Å². The molecule has 1 heterocycles. The number of anilines is 1. The van der Waals surface area contributed by atoms with E-state index in [-0.39, 0.29) is 5.13 Å². The van der Waals surface area contributed by atoms with Gasteiger partial charge in [-0.2, -0.15) is 13.2 Å². The minimum absolute atomic E-state index is 0.115. The van der Waals surface area contributed by atoms with Crippen molar-refractivity contribution < 1.29 is 22.7 Å². The lowest BCUT2D eigenvalue weighted by molar-refractivity contribution is -0.140. The summed E-state index contributed by atoms with van der Waals surface area (Å²) < 4.78 is 42.5. The minimum atomic E-state index is -4.52. The van der Waals surface area contributed by atoms with Gasteiger partial charge in [0.1, 0.15) is 5.75 Å². The van der Waals surface area contributed by atoms with Gasteiger partial charge < -0.3 is 4.74 Å². The van der Waals surface area contributed by atoms with E-state index in [9.17, 15) is 18.0 Å². The molecule has 1 aromatic heterocycles. The van der Waals surface area contributed by atoms with Gasteiger partial charge in [-0.25, -0.2) is 4.98 Å². The third kappa shape index (κ3) is 4.19. The van der Waals surface area contributed by atoms with Crippen LogP contribution in [0.15, 0.2) is 35.7 Å². The van der Waals surface area contributed by atoms with Gasteiger partial charge in [-0.15, -0.1) is 11.3 Å². The number of benzene rings is 1. The van der Waals surface area contributed by atoms with Crippen LogP contribution in [0.2, 0.25) is 0 Å². The number of halogens is 3. The first-order valence-electron chi connectivity index (χ1n) is 5.91. The van der Waals surface area contributed by atoms with Crippen molar-refractivity contribution in [2.24, 2.45) is 0 Å². The van der Waals surface area contributed by atoms with Crippen LogP contribution in [0.4, 0.5) is 18.3 Å². The second-order valence-electron chi connectivity index (χ2n) is 4.10. The average molecular weight is 316 g/mol. The van der Waals surface area contributed by atoms with Crippen LogP contribution in [0.25, 0.3) is 0 Å². The summed E-state index contributed by atoms with van der Waals surface area (Å²) in [4.78, 5) is 15.1. The zero-order chi connectivity index (χ0) is 15.5. The lowest BCUT2D eigenvalue weighted by atomic mass is 10.3. The first-order chi connectivity index (χ1) is 9.86. The maximum atomic E-state index is 12.4. The highest BCUT2D eigenvalue weighted by molar-refractivity contribution is 7.13. The van der Waals surface area contributed by atoms with Gasteiger partial charge in [-0.3, -0.25) is 10.1 Å². The molecule has 21 heavy (non-hydrogen) atoms. The van der Waals surface area contributed by atoms with E-state index in [0.717, 1.165) is 5.38 Å². The maximum Gasteiger partial charge on any atom is 0.434 e. The van der Waals surface area contributed by atoms with Crippen LogP contribution in [-0.4, -0.2) is 17.0 Å². The smallest absolute Gasteiger partial charge is 0.434 e.